The Kier molecular flexibility index (Phi) is 5.27. The van der Waals surface area contributed by atoms with Gasteiger partial charge in [-0.1, -0.05) is 36.4 Å². The molecule has 1 heterocycles. The quantitative estimate of drug-likeness (QED) is 0.851. The van der Waals surface area contributed by atoms with E-state index in [9.17, 15) is 15.5 Å². The molecule has 1 saturated heterocycles. The summed E-state index contributed by atoms with van der Waals surface area (Å²) in [4.78, 5) is 0. The second-order valence-electron chi connectivity index (χ2n) is 7.78. The predicted molar refractivity (Wildman–Crippen MR) is 102 cm³/mol. The number of nitriles is 1. The van der Waals surface area contributed by atoms with Crippen molar-refractivity contribution in [2.45, 2.75) is 56.3 Å². The molecule has 4 nitrogen and oxygen atoms in total. The van der Waals surface area contributed by atoms with E-state index in [1.54, 1.807) is 0 Å². The Hall–Kier alpha value is -2.19. The van der Waals surface area contributed by atoms with Gasteiger partial charge in [-0.15, -0.1) is 0 Å². The zero-order valence-corrected chi connectivity index (χ0v) is 15.3. The highest BCUT2D eigenvalue weighted by Crippen LogP contribution is 2.40. The summed E-state index contributed by atoms with van der Waals surface area (Å²) in [5.41, 5.74) is 5.19. The average Bonchev–Trinajstić information content (AvgIpc) is 3.53. The van der Waals surface area contributed by atoms with Gasteiger partial charge in [-0.2, -0.15) is 5.26 Å². The van der Waals surface area contributed by atoms with E-state index in [1.165, 1.54) is 24.0 Å². The number of nitrogens with zero attached hydrogens (tertiary/aromatic N) is 1. The molecule has 27 heavy (non-hydrogen) atoms. The topological polar surface area (TPSA) is 73.5 Å². The van der Waals surface area contributed by atoms with Crippen molar-refractivity contribution in [2.24, 2.45) is 0 Å². The lowest BCUT2D eigenvalue weighted by Crippen LogP contribution is -2.33. The van der Waals surface area contributed by atoms with E-state index in [4.69, 9.17) is 4.74 Å². The lowest BCUT2D eigenvalue weighted by atomic mass is 9.92. The molecule has 1 aliphatic heterocycles. The fourth-order valence-electron chi connectivity index (χ4n) is 3.94. The minimum Gasteiger partial charge on any atom is -0.394 e. The first-order chi connectivity index (χ1) is 13.2. The molecule has 3 unspecified atom stereocenters. The molecule has 0 amide bonds. The summed E-state index contributed by atoms with van der Waals surface area (Å²) in [5.74, 6) is 0.742. The minimum atomic E-state index is -0.477. The van der Waals surface area contributed by atoms with Gasteiger partial charge >= 0.3 is 0 Å². The van der Waals surface area contributed by atoms with Crippen LogP contribution in [0.3, 0.4) is 0 Å². The molecule has 1 saturated carbocycles. The first kappa shape index (κ1) is 18.2. The highest BCUT2D eigenvalue weighted by molar-refractivity contribution is 5.44. The smallest absolute Gasteiger partial charge is 0.0994 e. The summed E-state index contributed by atoms with van der Waals surface area (Å²) in [6.07, 6.45) is 3.18. The summed E-state index contributed by atoms with van der Waals surface area (Å²) in [6, 6.07) is 16.8. The van der Waals surface area contributed by atoms with E-state index >= 15 is 0 Å². The fourth-order valence-corrected chi connectivity index (χ4v) is 3.94. The van der Waals surface area contributed by atoms with Crippen molar-refractivity contribution in [1.82, 2.24) is 0 Å². The van der Waals surface area contributed by atoms with Crippen LogP contribution in [-0.4, -0.2) is 29.0 Å². The van der Waals surface area contributed by atoms with Crippen molar-refractivity contribution in [3.05, 3.63) is 70.3 Å². The Morgan fingerprint density at radius 2 is 1.78 bits per heavy atom. The molecule has 4 rings (SSSR count). The maximum Gasteiger partial charge on any atom is 0.0994 e. The van der Waals surface area contributed by atoms with Crippen molar-refractivity contribution < 1.29 is 14.9 Å². The van der Waals surface area contributed by atoms with Gasteiger partial charge in [0.2, 0.25) is 0 Å². The number of aliphatic hydroxyl groups excluding tert-OH is 2. The van der Waals surface area contributed by atoms with Gasteiger partial charge in [-0.25, -0.2) is 0 Å². The van der Waals surface area contributed by atoms with Crippen LogP contribution in [0.4, 0.5) is 0 Å². The molecule has 2 N–H and O–H groups in total. The van der Waals surface area contributed by atoms with Gasteiger partial charge in [0, 0.05) is 12.8 Å². The van der Waals surface area contributed by atoms with E-state index in [2.05, 4.69) is 30.3 Å². The van der Waals surface area contributed by atoms with Crippen LogP contribution in [0, 0.1) is 11.3 Å². The SMILES string of the molecule is N#Cc1ccc(C2CC(O)CC(CO)O2)cc1Cc1ccc(C2CC2)cc1. The molecular weight excluding hydrogens is 338 g/mol. The third kappa shape index (κ3) is 4.22. The largest absolute Gasteiger partial charge is 0.394 e. The maximum atomic E-state index is 10.1. The standard InChI is InChI=1S/C23H25NO3/c24-13-19-8-7-18(23-12-21(26)11-22(14-25)27-23)10-20(19)9-15-1-3-16(4-2-15)17-5-6-17/h1-4,7-8,10,17,21-23,25-26H,5-6,9,11-12,14H2. The number of benzene rings is 2. The third-order valence-corrected chi connectivity index (χ3v) is 5.63. The molecule has 4 heteroatoms. The van der Waals surface area contributed by atoms with Gasteiger partial charge in [-0.05, 0) is 53.5 Å². The van der Waals surface area contributed by atoms with Gasteiger partial charge in [0.15, 0.2) is 0 Å². The first-order valence-electron chi connectivity index (χ1n) is 9.72. The highest BCUT2D eigenvalue weighted by atomic mass is 16.5. The van der Waals surface area contributed by atoms with Crippen LogP contribution in [0.2, 0.25) is 0 Å². The van der Waals surface area contributed by atoms with Gasteiger partial charge in [0.25, 0.3) is 0 Å². The molecule has 0 radical (unpaired) electrons. The Balaban J connectivity index is 1.56. The predicted octanol–water partition coefficient (Wildman–Crippen LogP) is 3.60. The van der Waals surface area contributed by atoms with Crippen LogP contribution in [0.15, 0.2) is 42.5 Å². The second kappa shape index (κ2) is 7.82. The van der Waals surface area contributed by atoms with Gasteiger partial charge in [0.1, 0.15) is 0 Å². The average molecular weight is 363 g/mol. The van der Waals surface area contributed by atoms with Crippen molar-refractivity contribution in [1.29, 1.82) is 5.26 Å². The minimum absolute atomic E-state index is 0.0932. The van der Waals surface area contributed by atoms with Crippen LogP contribution >= 0.6 is 0 Å². The van der Waals surface area contributed by atoms with Gasteiger partial charge in [-0.3, -0.25) is 0 Å². The zero-order chi connectivity index (χ0) is 18.8. The maximum absolute atomic E-state index is 10.1. The highest BCUT2D eigenvalue weighted by Gasteiger charge is 2.29. The lowest BCUT2D eigenvalue weighted by Gasteiger charge is -2.32. The summed E-state index contributed by atoms with van der Waals surface area (Å²) in [7, 11) is 0. The fraction of sp³-hybridized carbons (Fsp3) is 0.435. The summed E-state index contributed by atoms with van der Waals surface area (Å²) in [6.45, 7) is -0.0932. The van der Waals surface area contributed by atoms with Crippen molar-refractivity contribution in [3.63, 3.8) is 0 Å². The van der Waals surface area contributed by atoms with Crippen LogP contribution in [0.25, 0.3) is 0 Å². The van der Waals surface area contributed by atoms with Crippen LogP contribution in [0.5, 0.6) is 0 Å². The molecule has 0 bridgehead atoms. The van der Waals surface area contributed by atoms with Crippen LogP contribution in [0.1, 0.15) is 65.5 Å². The summed E-state index contributed by atoms with van der Waals surface area (Å²) >= 11 is 0. The molecule has 0 aromatic heterocycles. The Labute approximate surface area is 160 Å². The second-order valence-corrected chi connectivity index (χ2v) is 7.78. The summed E-state index contributed by atoms with van der Waals surface area (Å²) in [5, 5.41) is 29.0. The number of hydrogen-bond donors (Lipinski definition) is 2. The molecule has 1 aliphatic carbocycles. The van der Waals surface area contributed by atoms with E-state index in [1.807, 2.05) is 18.2 Å². The normalized spacial score (nSPS) is 25.1. The number of ether oxygens (including phenoxy) is 1. The van der Waals surface area contributed by atoms with Crippen LogP contribution in [-0.2, 0) is 11.2 Å². The Morgan fingerprint density at radius 1 is 1.04 bits per heavy atom. The number of aliphatic hydroxyl groups is 2. The zero-order valence-electron chi connectivity index (χ0n) is 15.3. The van der Waals surface area contributed by atoms with Gasteiger partial charge < -0.3 is 14.9 Å². The van der Waals surface area contributed by atoms with E-state index in [-0.39, 0.29) is 18.8 Å². The summed E-state index contributed by atoms with van der Waals surface area (Å²) < 4.78 is 5.93. The van der Waals surface area contributed by atoms with Gasteiger partial charge in [0.05, 0.1) is 36.6 Å². The molecule has 2 aromatic rings. The van der Waals surface area contributed by atoms with Crippen LogP contribution < -0.4 is 0 Å². The van der Waals surface area contributed by atoms with E-state index in [0.29, 0.717) is 24.8 Å². The monoisotopic (exact) mass is 363 g/mol. The van der Waals surface area contributed by atoms with E-state index < -0.39 is 6.10 Å². The van der Waals surface area contributed by atoms with Crippen molar-refractivity contribution >= 4 is 0 Å². The molecular formula is C23H25NO3. The molecule has 2 aromatic carbocycles. The number of hydrogen-bond acceptors (Lipinski definition) is 4. The molecule has 2 fully saturated rings. The molecule has 140 valence electrons. The molecule has 2 aliphatic rings. The molecule has 0 spiro atoms. The number of rotatable bonds is 5. The van der Waals surface area contributed by atoms with Crippen molar-refractivity contribution in [3.8, 4) is 6.07 Å². The van der Waals surface area contributed by atoms with E-state index in [0.717, 1.165) is 17.0 Å². The lowest BCUT2D eigenvalue weighted by molar-refractivity contribution is -0.113. The Morgan fingerprint density at radius 3 is 2.44 bits per heavy atom. The van der Waals surface area contributed by atoms with Crippen molar-refractivity contribution in [2.75, 3.05) is 6.61 Å². The molecule has 3 atom stereocenters. The Bertz CT molecular complexity index is 836. The first-order valence-corrected chi connectivity index (χ1v) is 9.72. The third-order valence-electron chi connectivity index (χ3n) is 5.63.